The Kier molecular flexibility index (Phi) is 2.76. The third kappa shape index (κ3) is 2.38. The van der Waals surface area contributed by atoms with E-state index in [1.165, 1.54) is 0 Å². The third-order valence-corrected chi connectivity index (χ3v) is 1.61. The van der Waals surface area contributed by atoms with Gasteiger partial charge in [-0.3, -0.25) is 0 Å². The van der Waals surface area contributed by atoms with Gasteiger partial charge in [0, 0.05) is 11.7 Å². The van der Waals surface area contributed by atoms with Crippen LogP contribution in [0.15, 0.2) is 18.2 Å². The van der Waals surface area contributed by atoms with Gasteiger partial charge in [0.05, 0.1) is 11.3 Å². The lowest BCUT2D eigenvalue weighted by atomic mass is 10.1. The number of hydrogen-bond acceptors (Lipinski definition) is 3. The lowest BCUT2D eigenvalue weighted by molar-refractivity contribution is 0.899. The summed E-state index contributed by atoms with van der Waals surface area (Å²) in [5, 5.41) is 12.0. The minimum absolute atomic E-state index is 0.315. The van der Waals surface area contributed by atoms with Crippen molar-refractivity contribution >= 4 is 11.4 Å². The fourth-order valence-corrected chi connectivity index (χ4v) is 1.09. The molecule has 3 nitrogen and oxygen atoms in total. The summed E-state index contributed by atoms with van der Waals surface area (Å²) in [6.45, 7) is 4.05. The predicted octanol–water partition coefficient (Wildman–Crippen LogP) is 1.96. The van der Waals surface area contributed by atoms with Gasteiger partial charge in [-0.1, -0.05) is 0 Å². The Morgan fingerprint density at radius 1 is 1.46 bits per heavy atom. The fourth-order valence-electron chi connectivity index (χ4n) is 1.09. The van der Waals surface area contributed by atoms with Gasteiger partial charge in [0.1, 0.15) is 6.07 Å². The van der Waals surface area contributed by atoms with Gasteiger partial charge in [-0.25, -0.2) is 0 Å². The zero-order valence-corrected chi connectivity index (χ0v) is 7.83. The van der Waals surface area contributed by atoms with Gasteiger partial charge in [-0.15, -0.1) is 0 Å². The maximum absolute atomic E-state index is 8.81. The van der Waals surface area contributed by atoms with Crippen LogP contribution in [0.2, 0.25) is 0 Å². The third-order valence-electron chi connectivity index (χ3n) is 1.61. The van der Waals surface area contributed by atoms with Crippen LogP contribution in [0.4, 0.5) is 11.4 Å². The molecule has 0 saturated heterocycles. The summed E-state index contributed by atoms with van der Waals surface area (Å²) in [5.41, 5.74) is 7.60. The summed E-state index contributed by atoms with van der Waals surface area (Å²) < 4.78 is 0. The molecule has 0 heterocycles. The van der Waals surface area contributed by atoms with Crippen LogP contribution in [-0.4, -0.2) is 6.04 Å². The van der Waals surface area contributed by atoms with E-state index in [1.54, 1.807) is 12.1 Å². The fraction of sp³-hybridized carbons (Fsp3) is 0.300. The van der Waals surface area contributed by atoms with Crippen LogP contribution in [0, 0.1) is 11.3 Å². The van der Waals surface area contributed by atoms with Crippen molar-refractivity contribution in [3.05, 3.63) is 23.8 Å². The van der Waals surface area contributed by atoms with Crippen LogP contribution < -0.4 is 11.1 Å². The minimum Gasteiger partial charge on any atom is -0.399 e. The molecular weight excluding hydrogens is 162 g/mol. The van der Waals surface area contributed by atoms with Gasteiger partial charge in [0.25, 0.3) is 0 Å². The van der Waals surface area contributed by atoms with Crippen LogP contribution in [0.3, 0.4) is 0 Å². The second kappa shape index (κ2) is 3.81. The molecule has 0 spiro atoms. The summed E-state index contributed by atoms with van der Waals surface area (Å²) >= 11 is 0. The van der Waals surface area contributed by atoms with Crippen LogP contribution in [0.25, 0.3) is 0 Å². The zero-order chi connectivity index (χ0) is 9.84. The first kappa shape index (κ1) is 9.40. The first-order chi connectivity index (χ1) is 6.13. The molecule has 0 radical (unpaired) electrons. The number of benzene rings is 1. The summed E-state index contributed by atoms with van der Waals surface area (Å²) in [7, 11) is 0. The van der Waals surface area contributed by atoms with Crippen molar-refractivity contribution in [2.24, 2.45) is 0 Å². The Balaban J connectivity index is 3.01. The quantitative estimate of drug-likeness (QED) is 0.675. The molecule has 0 fully saturated rings. The van der Waals surface area contributed by atoms with Gasteiger partial charge < -0.3 is 11.1 Å². The van der Waals surface area contributed by atoms with Crippen LogP contribution in [0.1, 0.15) is 19.4 Å². The Bertz CT molecular complexity index is 337. The molecule has 1 rings (SSSR count). The number of hydrogen-bond donors (Lipinski definition) is 2. The number of rotatable bonds is 2. The molecule has 3 N–H and O–H groups in total. The van der Waals surface area contributed by atoms with Crippen LogP contribution in [-0.2, 0) is 0 Å². The second-order valence-electron chi connectivity index (χ2n) is 3.22. The van der Waals surface area contributed by atoms with Crippen molar-refractivity contribution in [2.45, 2.75) is 19.9 Å². The lowest BCUT2D eigenvalue weighted by Gasteiger charge is -2.11. The molecular formula is C10H13N3. The largest absolute Gasteiger partial charge is 0.399 e. The monoisotopic (exact) mass is 175 g/mol. The number of nitrogens with two attached hydrogens (primary N) is 1. The van der Waals surface area contributed by atoms with Gasteiger partial charge in [0.15, 0.2) is 0 Å². The molecule has 0 aromatic heterocycles. The van der Waals surface area contributed by atoms with Crippen LogP contribution in [0.5, 0.6) is 0 Å². The number of nitrogens with zero attached hydrogens (tertiary/aromatic N) is 1. The van der Waals surface area contributed by atoms with E-state index in [-0.39, 0.29) is 0 Å². The van der Waals surface area contributed by atoms with E-state index >= 15 is 0 Å². The number of nitriles is 1. The summed E-state index contributed by atoms with van der Waals surface area (Å²) in [4.78, 5) is 0. The van der Waals surface area contributed by atoms with Crippen molar-refractivity contribution in [3.8, 4) is 6.07 Å². The predicted molar refractivity (Wildman–Crippen MR) is 54.3 cm³/mol. The van der Waals surface area contributed by atoms with E-state index in [2.05, 4.69) is 11.4 Å². The minimum atomic E-state index is 0.315. The number of anilines is 2. The lowest BCUT2D eigenvalue weighted by Crippen LogP contribution is -2.10. The molecule has 1 aromatic carbocycles. The van der Waals surface area contributed by atoms with E-state index in [0.717, 1.165) is 5.69 Å². The molecule has 0 amide bonds. The smallest absolute Gasteiger partial charge is 0.101 e. The van der Waals surface area contributed by atoms with E-state index in [4.69, 9.17) is 11.0 Å². The summed E-state index contributed by atoms with van der Waals surface area (Å²) in [6, 6.07) is 7.70. The molecule has 0 unspecified atom stereocenters. The van der Waals surface area contributed by atoms with Crippen molar-refractivity contribution in [3.63, 3.8) is 0 Å². The average Bonchev–Trinajstić information content (AvgIpc) is 2.07. The van der Waals surface area contributed by atoms with Crippen molar-refractivity contribution in [1.82, 2.24) is 0 Å². The molecule has 3 heteroatoms. The standard InChI is InChI=1S/C10H13N3/c1-7(2)13-10-4-3-9(12)5-8(10)6-11/h3-5,7,13H,12H2,1-2H3. The van der Waals surface area contributed by atoms with Gasteiger partial charge >= 0.3 is 0 Å². The normalized spacial score (nSPS) is 9.69. The van der Waals surface area contributed by atoms with Gasteiger partial charge in [-0.05, 0) is 32.0 Å². The molecule has 0 atom stereocenters. The first-order valence-corrected chi connectivity index (χ1v) is 4.19. The highest BCUT2D eigenvalue weighted by Gasteiger charge is 2.02. The molecule has 13 heavy (non-hydrogen) atoms. The van der Waals surface area contributed by atoms with Gasteiger partial charge in [-0.2, -0.15) is 5.26 Å². The molecule has 68 valence electrons. The first-order valence-electron chi connectivity index (χ1n) is 4.19. The average molecular weight is 175 g/mol. The Morgan fingerprint density at radius 2 is 2.15 bits per heavy atom. The van der Waals surface area contributed by atoms with E-state index in [0.29, 0.717) is 17.3 Å². The van der Waals surface area contributed by atoms with Crippen LogP contribution >= 0.6 is 0 Å². The van der Waals surface area contributed by atoms with Crippen molar-refractivity contribution in [2.75, 3.05) is 11.1 Å². The molecule has 0 aliphatic rings. The Morgan fingerprint density at radius 3 is 2.69 bits per heavy atom. The highest BCUT2D eigenvalue weighted by molar-refractivity contribution is 5.63. The summed E-state index contributed by atoms with van der Waals surface area (Å²) in [6.07, 6.45) is 0. The highest BCUT2D eigenvalue weighted by atomic mass is 14.9. The topological polar surface area (TPSA) is 61.8 Å². The SMILES string of the molecule is CC(C)Nc1ccc(N)cc1C#N. The van der Waals surface area contributed by atoms with Gasteiger partial charge in [0.2, 0.25) is 0 Å². The maximum atomic E-state index is 8.81. The summed E-state index contributed by atoms with van der Waals surface area (Å²) in [5.74, 6) is 0. The molecule has 0 aliphatic carbocycles. The van der Waals surface area contributed by atoms with E-state index in [1.807, 2.05) is 19.9 Å². The molecule has 1 aromatic rings. The zero-order valence-electron chi connectivity index (χ0n) is 7.83. The molecule has 0 bridgehead atoms. The van der Waals surface area contributed by atoms with E-state index in [9.17, 15) is 0 Å². The highest BCUT2D eigenvalue weighted by Crippen LogP contribution is 2.18. The van der Waals surface area contributed by atoms with Crippen molar-refractivity contribution < 1.29 is 0 Å². The van der Waals surface area contributed by atoms with Crippen molar-refractivity contribution in [1.29, 1.82) is 5.26 Å². The Hall–Kier alpha value is -1.69. The maximum Gasteiger partial charge on any atom is 0.101 e. The molecule has 0 saturated carbocycles. The van der Waals surface area contributed by atoms with E-state index < -0.39 is 0 Å². The molecule has 0 aliphatic heterocycles. The number of nitrogens with one attached hydrogen (secondary N) is 1. The Labute approximate surface area is 78.2 Å². The number of nitrogen functional groups attached to an aromatic ring is 1. The second-order valence-corrected chi connectivity index (χ2v) is 3.22.